The van der Waals surface area contributed by atoms with E-state index in [1.54, 1.807) is 24.3 Å². The highest BCUT2D eigenvalue weighted by molar-refractivity contribution is 6.33. The molecule has 0 saturated heterocycles. The monoisotopic (exact) mass is 427 g/mol. The largest absolute Gasteiger partial charge is 0.456 e. The van der Waals surface area contributed by atoms with Gasteiger partial charge in [-0.25, -0.2) is 0 Å². The van der Waals surface area contributed by atoms with Gasteiger partial charge in [-0.2, -0.15) is 0 Å². The number of hydrogen-bond acceptors (Lipinski definition) is 4. The van der Waals surface area contributed by atoms with Gasteiger partial charge in [0.25, 0.3) is 5.91 Å². The normalized spacial score (nSPS) is 10.6. The number of halogens is 1. The van der Waals surface area contributed by atoms with Crippen molar-refractivity contribution in [3.63, 3.8) is 0 Å². The van der Waals surface area contributed by atoms with Crippen LogP contribution in [0.4, 0.5) is 5.69 Å². The van der Waals surface area contributed by atoms with E-state index in [1.165, 1.54) is 11.9 Å². The number of anilines is 1. The average molecular weight is 428 g/mol. The van der Waals surface area contributed by atoms with Crippen molar-refractivity contribution in [2.24, 2.45) is 0 Å². The lowest BCUT2D eigenvalue weighted by atomic mass is 10.2. The van der Waals surface area contributed by atoms with Crippen molar-refractivity contribution in [1.82, 2.24) is 9.47 Å². The molecule has 0 saturated carbocycles. The summed E-state index contributed by atoms with van der Waals surface area (Å²) in [5.41, 5.74) is 1.50. The van der Waals surface area contributed by atoms with Gasteiger partial charge in [-0.05, 0) is 29.7 Å². The Bertz CT molecular complexity index is 1060. The molecule has 8 heteroatoms. The lowest BCUT2D eigenvalue weighted by molar-refractivity contribution is -0.152. The van der Waals surface area contributed by atoms with Crippen molar-refractivity contribution in [2.75, 3.05) is 25.5 Å². The minimum atomic E-state index is -0.477. The molecule has 0 atom stereocenters. The molecule has 156 valence electrons. The summed E-state index contributed by atoms with van der Waals surface area (Å²) in [4.78, 5) is 37.4. The highest BCUT2D eigenvalue weighted by Crippen LogP contribution is 2.20. The molecule has 0 aliphatic heterocycles. The van der Waals surface area contributed by atoms with Gasteiger partial charge in [0.05, 0.1) is 23.7 Å². The van der Waals surface area contributed by atoms with Crippen LogP contribution in [0.1, 0.15) is 6.42 Å². The lowest BCUT2D eigenvalue weighted by Crippen LogP contribution is -2.37. The number of esters is 1. The van der Waals surface area contributed by atoms with Gasteiger partial charge in [0.1, 0.15) is 0 Å². The summed E-state index contributed by atoms with van der Waals surface area (Å²) >= 11 is 6.00. The zero-order valence-corrected chi connectivity index (χ0v) is 17.3. The molecule has 0 bridgehead atoms. The number of carbonyl (C=O) groups is 3. The lowest BCUT2D eigenvalue weighted by Gasteiger charge is -2.17. The van der Waals surface area contributed by atoms with E-state index in [1.807, 2.05) is 41.1 Å². The Labute approximate surface area is 179 Å². The molecule has 0 spiro atoms. The zero-order valence-electron chi connectivity index (χ0n) is 16.5. The Morgan fingerprint density at radius 3 is 2.60 bits per heavy atom. The van der Waals surface area contributed by atoms with Crippen LogP contribution in [0, 0.1) is 0 Å². The van der Waals surface area contributed by atoms with E-state index < -0.39 is 24.4 Å². The van der Waals surface area contributed by atoms with Crippen molar-refractivity contribution in [2.45, 2.75) is 13.0 Å². The molecule has 3 rings (SSSR count). The molecule has 7 nitrogen and oxygen atoms in total. The first-order valence-electron chi connectivity index (χ1n) is 9.42. The van der Waals surface area contributed by atoms with E-state index in [2.05, 4.69) is 5.32 Å². The van der Waals surface area contributed by atoms with Gasteiger partial charge in [0, 0.05) is 25.3 Å². The van der Waals surface area contributed by atoms with E-state index in [0.717, 1.165) is 10.9 Å². The molecule has 1 heterocycles. The third kappa shape index (κ3) is 5.61. The minimum absolute atomic E-state index is 0.142. The number of rotatable bonds is 8. The molecule has 1 aromatic heterocycles. The van der Waals surface area contributed by atoms with Crippen LogP contribution in [0.15, 0.2) is 60.8 Å². The highest BCUT2D eigenvalue weighted by Gasteiger charge is 2.16. The van der Waals surface area contributed by atoms with Crippen LogP contribution in [0.25, 0.3) is 10.9 Å². The Hall–Kier alpha value is -3.32. The van der Waals surface area contributed by atoms with Crippen molar-refractivity contribution in [3.05, 3.63) is 65.8 Å². The van der Waals surface area contributed by atoms with Crippen LogP contribution in [0.2, 0.25) is 5.02 Å². The Balaban J connectivity index is 1.41. The van der Waals surface area contributed by atoms with Crippen LogP contribution in [0.5, 0.6) is 0 Å². The van der Waals surface area contributed by atoms with Crippen LogP contribution in [-0.4, -0.2) is 47.4 Å². The fraction of sp³-hybridized carbons (Fsp3) is 0.227. The molecule has 0 aliphatic carbocycles. The fourth-order valence-electron chi connectivity index (χ4n) is 2.93. The number of likely N-dealkylation sites (N-methyl/N-ethyl adjacent to an activating group) is 1. The van der Waals surface area contributed by atoms with E-state index in [4.69, 9.17) is 16.3 Å². The van der Waals surface area contributed by atoms with Gasteiger partial charge in [0.15, 0.2) is 6.61 Å². The summed E-state index contributed by atoms with van der Waals surface area (Å²) in [6.07, 6.45) is 2.05. The van der Waals surface area contributed by atoms with E-state index in [0.29, 0.717) is 17.3 Å². The standard InChI is InChI=1S/C22H22ClN3O4/c1-25(14-20(27)24-18-8-4-3-7-17(18)23)21(28)15-30-22(29)11-13-26-12-10-16-6-2-5-9-19(16)26/h2-10,12H,11,13-15H2,1H3,(H,24,27). The SMILES string of the molecule is CN(CC(=O)Nc1ccccc1Cl)C(=O)COC(=O)CCn1ccc2ccccc21. The van der Waals surface area contributed by atoms with Crippen molar-refractivity contribution >= 4 is 46.0 Å². The van der Waals surface area contributed by atoms with Gasteiger partial charge in [-0.3, -0.25) is 14.4 Å². The third-order valence-electron chi connectivity index (χ3n) is 4.55. The third-order valence-corrected chi connectivity index (χ3v) is 4.88. The molecule has 2 amide bonds. The number of amides is 2. The smallest absolute Gasteiger partial charge is 0.308 e. The van der Waals surface area contributed by atoms with Gasteiger partial charge in [0.2, 0.25) is 5.91 Å². The molecule has 0 fully saturated rings. The number of aromatic nitrogens is 1. The number of nitrogens with zero attached hydrogens (tertiary/aromatic N) is 2. The molecule has 0 radical (unpaired) electrons. The first kappa shape index (κ1) is 21.4. The summed E-state index contributed by atoms with van der Waals surface area (Å²) in [6, 6.07) is 16.7. The Kier molecular flexibility index (Phi) is 7.08. The van der Waals surface area contributed by atoms with Gasteiger partial charge >= 0.3 is 5.97 Å². The summed E-state index contributed by atoms with van der Waals surface area (Å²) in [5.74, 6) is -1.34. The quantitative estimate of drug-likeness (QED) is 0.559. The molecule has 0 aliphatic rings. The highest BCUT2D eigenvalue weighted by atomic mass is 35.5. The van der Waals surface area contributed by atoms with E-state index >= 15 is 0 Å². The maximum absolute atomic E-state index is 12.1. The number of ether oxygens (including phenoxy) is 1. The summed E-state index contributed by atoms with van der Waals surface area (Å²) in [5, 5.41) is 4.14. The topological polar surface area (TPSA) is 80.6 Å². The first-order valence-corrected chi connectivity index (χ1v) is 9.79. The second-order valence-corrected chi connectivity index (χ2v) is 7.16. The van der Waals surface area contributed by atoms with E-state index in [9.17, 15) is 14.4 Å². The average Bonchev–Trinajstić information content (AvgIpc) is 3.15. The van der Waals surface area contributed by atoms with Gasteiger partial charge in [-0.1, -0.05) is 41.9 Å². The van der Waals surface area contributed by atoms with Crippen molar-refractivity contribution in [1.29, 1.82) is 0 Å². The number of benzene rings is 2. The van der Waals surface area contributed by atoms with E-state index in [-0.39, 0.29) is 13.0 Å². The molecule has 2 aromatic carbocycles. The Morgan fingerprint density at radius 2 is 1.80 bits per heavy atom. The van der Waals surface area contributed by atoms with Crippen LogP contribution < -0.4 is 5.32 Å². The molecule has 30 heavy (non-hydrogen) atoms. The summed E-state index contributed by atoms with van der Waals surface area (Å²) in [6.45, 7) is -0.144. The number of hydrogen-bond donors (Lipinski definition) is 1. The predicted molar refractivity (Wildman–Crippen MR) is 115 cm³/mol. The number of carbonyl (C=O) groups excluding carboxylic acids is 3. The molecule has 3 aromatic rings. The van der Waals surface area contributed by atoms with Gasteiger partial charge in [-0.15, -0.1) is 0 Å². The fourth-order valence-corrected chi connectivity index (χ4v) is 3.11. The zero-order chi connectivity index (χ0) is 21.5. The van der Waals surface area contributed by atoms with Crippen LogP contribution >= 0.6 is 11.6 Å². The predicted octanol–water partition coefficient (Wildman–Crippen LogP) is 3.33. The minimum Gasteiger partial charge on any atom is -0.456 e. The van der Waals surface area contributed by atoms with Crippen LogP contribution in [0.3, 0.4) is 0 Å². The molecule has 0 unspecified atom stereocenters. The summed E-state index contributed by atoms with van der Waals surface area (Å²) in [7, 11) is 1.47. The second-order valence-electron chi connectivity index (χ2n) is 6.76. The Morgan fingerprint density at radius 1 is 1.07 bits per heavy atom. The first-order chi connectivity index (χ1) is 14.4. The maximum atomic E-state index is 12.1. The number of para-hydroxylation sites is 2. The molecular formula is C22H22ClN3O4. The van der Waals surface area contributed by atoms with Crippen LogP contribution in [-0.2, 0) is 25.7 Å². The maximum Gasteiger partial charge on any atom is 0.308 e. The number of nitrogens with one attached hydrogen (secondary N) is 1. The molecular weight excluding hydrogens is 406 g/mol. The molecule has 1 N–H and O–H groups in total. The van der Waals surface area contributed by atoms with Crippen molar-refractivity contribution in [3.8, 4) is 0 Å². The summed E-state index contributed by atoms with van der Waals surface area (Å²) < 4.78 is 7.02. The van der Waals surface area contributed by atoms with Gasteiger partial charge < -0.3 is 19.5 Å². The van der Waals surface area contributed by atoms with Crippen molar-refractivity contribution < 1.29 is 19.1 Å². The second kappa shape index (κ2) is 9.93. The number of aryl methyl sites for hydroxylation is 1. The number of fused-ring (bicyclic) bond motifs is 1.